The van der Waals surface area contributed by atoms with Crippen molar-refractivity contribution in [1.82, 2.24) is 10.2 Å². The first-order chi connectivity index (χ1) is 6.20. The van der Waals surface area contributed by atoms with Gasteiger partial charge >= 0.3 is 0 Å². The third kappa shape index (κ3) is 8.26. The molecule has 0 radical (unpaired) electrons. The molecule has 13 heavy (non-hydrogen) atoms. The van der Waals surface area contributed by atoms with Crippen LogP contribution in [0.4, 0.5) is 0 Å². The van der Waals surface area contributed by atoms with E-state index in [0.29, 0.717) is 0 Å². The molecule has 1 N–H and O–H groups in total. The van der Waals surface area contributed by atoms with E-state index in [1.54, 1.807) is 0 Å². The fourth-order valence-electron chi connectivity index (χ4n) is 1.49. The monoisotopic (exact) mass is 186 g/mol. The second-order valence-corrected chi connectivity index (χ2v) is 4.13. The van der Waals surface area contributed by atoms with Crippen LogP contribution in [0.1, 0.15) is 39.5 Å². The summed E-state index contributed by atoms with van der Waals surface area (Å²) in [5.74, 6) is 0.888. The van der Waals surface area contributed by atoms with E-state index in [9.17, 15) is 0 Å². The highest BCUT2D eigenvalue weighted by molar-refractivity contribution is 4.56. The summed E-state index contributed by atoms with van der Waals surface area (Å²) >= 11 is 0. The Kier molecular flexibility index (Phi) is 8.46. The molecule has 0 aliphatic rings. The Bertz CT molecular complexity index is 104. The number of nitrogens with zero attached hydrogens (tertiary/aromatic N) is 1. The summed E-state index contributed by atoms with van der Waals surface area (Å²) < 4.78 is 0. The van der Waals surface area contributed by atoms with Gasteiger partial charge in [0.25, 0.3) is 0 Å². The maximum Gasteiger partial charge on any atom is 0.0475 e. The molecule has 0 spiro atoms. The Balaban J connectivity index is 3.29. The summed E-state index contributed by atoms with van der Waals surface area (Å²) in [6, 6.07) is 0. The fourth-order valence-corrected chi connectivity index (χ4v) is 1.49. The maximum atomic E-state index is 3.16. The average Bonchev–Trinajstić information content (AvgIpc) is 2.12. The zero-order valence-corrected chi connectivity index (χ0v) is 9.77. The smallest absolute Gasteiger partial charge is 0.0475 e. The molecule has 2 nitrogen and oxygen atoms in total. The van der Waals surface area contributed by atoms with Crippen molar-refractivity contribution in [2.45, 2.75) is 39.5 Å². The van der Waals surface area contributed by atoms with E-state index in [0.717, 1.165) is 12.6 Å². The van der Waals surface area contributed by atoms with Crippen molar-refractivity contribution in [2.24, 2.45) is 5.92 Å². The minimum Gasteiger partial charge on any atom is -0.307 e. The van der Waals surface area contributed by atoms with Crippen LogP contribution in [0.3, 0.4) is 0 Å². The Morgan fingerprint density at radius 3 is 2.54 bits per heavy atom. The van der Waals surface area contributed by atoms with Crippen molar-refractivity contribution < 1.29 is 0 Å². The molecule has 0 rings (SSSR count). The Morgan fingerprint density at radius 1 is 1.31 bits per heavy atom. The van der Waals surface area contributed by atoms with Gasteiger partial charge in [-0.15, -0.1) is 0 Å². The quantitative estimate of drug-likeness (QED) is 0.585. The molecule has 80 valence electrons. The van der Waals surface area contributed by atoms with Crippen LogP contribution >= 0.6 is 0 Å². The maximum absolute atomic E-state index is 3.16. The van der Waals surface area contributed by atoms with Crippen molar-refractivity contribution in [3.8, 4) is 0 Å². The van der Waals surface area contributed by atoms with Gasteiger partial charge in [-0.3, -0.25) is 4.90 Å². The summed E-state index contributed by atoms with van der Waals surface area (Å²) in [5, 5.41) is 3.16. The molecule has 0 aliphatic heterocycles. The molecule has 2 heteroatoms. The molecular formula is C11H26N2. The van der Waals surface area contributed by atoms with Crippen molar-refractivity contribution in [3.63, 3.8) is 0 Å². The minimum atomic E-state index is 0.888. The van der Waals surface area contributed by atoms with Crippen LogP contribution < -0.4 is 5.32 Å². The van der Waals surface area contributed by atoms with E-state index in [1.807, 2.05) is 7.05 Å². The van der Waals surface area contributed by atoms with E-state index in [1.165, 1.54) is 32.2 Å². The van der Waals surface area contributed by atoms with E-state index in [2.05, 4.69) is 31.1 Å². The zero-order valence-electron chi connectivity index (χ0n) is 9.77. The lowest BCUT2D eigenvalue weighted by Gasteiger charge is -2.18. The van der Waals surface area contributed by atoms with Crippen molar-refractivity contribution >= 4 is 0 Å². The summed E-state index contributed by atoms with van der Waals surface area (Å²) in [6.45, 7) is 6.84. The third-order valence-corrected chi connectivity index (χ3v) is 2.48. The lowest BCUT2D eigenvalue weighted by Crippen LogP contribution is -2.30. The van der Waals surface area contributed by atoms with Crippen LogP contribution in [0.5, 0.6) is 0 Å². The van der Waals surface area contributed by atoms with Gasteiger partial charge in [0.2, 0.25) is 0 Å². The Morgan fingerprint density at radius 2 is 2.00 bits per heavy atom. The molecule has 1 atom stereocenters. The molecule has 0 saturated carbocycles. The number of unbranched alkanes of at least 4 members (excludes halogenated alkanes) is 1. The van der Waals surface area contributed by atoms with Gasteiger partial charge in [-0.2, -0.15) is 0 Å². The summed E-state index contributed by atoms with van der Waals surface area (Å²) in [5.41, 5.74) is 0. The molecular weight excluding hydrogens is 160 g/mol. The van der Waals surface area contributed by atoms with Crippen molar-refractivity contribution in [2.75, 3.05) is 27.3 Å². The summed E-state index contributed by atoms with van der Waals surface area (Å²) in [4.78, 5) is 2.34. The van der Waals surface area contributed by atoms with Crippen LogP contribution in [0.15, 0.2) is 0 Å². The number of nitrogens with one attached hydrogen (secondary N) is 1. The molecule has 0 fully saturated rings. The first-order valence-electron chi connectivity index (χ1n) is 5.53. The largest absolute Gasteiger partial charge is 0.307 e. The van der Waals surface area contributed by atoms with Gasteiger partial charge in [0, 0.05) is 6.67 Å². The van der Waals surface area contributed by atoms with Gasteiger partial charge < -0.3 is 5.32 Å². The second kappa shape index (κ2) is 8.52. The zero-order chi connectivity index (χ0) is 10.1. The molecule has 0 aliphatic carbocycles. The SMILES string of the molecule is CCCCC(C)CCN(C)CNC. The first-order valence-corrected chi connectivity index (χ1v) is 5.53. The van der Waals surface area contributed by atoms with Gasteiger partial charge in [-0.1, -0.05) is 33.1 Å². The van der Waals surface area contributed by atoms with Gasteiger partial charge in [-0.25, -0.2) is 0 Å². The van der Waals surface area contributed by atoms with E-state index < -0.39 is 0 Å². The molecule has 0 aromatic carbocycles. The van der Waals surface area contributed by atoms with Gasteiger partial charge in [0.05, 0.1) is 0 Å². The van der Waals surface area contributed by atoms with Gasteiger partial charge in [0.15, 0.2) is 0 Å². The Labute approximate surface area is 83.7 Å². The normalized spacial score (nSPS) is 13.6. The average molecular weight is 186 g/mol. The van der Waals surface area contributed by atoms with Crippen LogP contribution in [0.25, 0.3) is 0 Å². The predicted octanol–water partition coefficient (Wildman–Crippen LogP) is 2.31. The lowest BCUT2D eigenvalue weighted by molar-refractivity contribution is 0.286. The molecule has 1 unspecified atom stereocenters. The number of rotatable bonds is 8. The highest BCUT2D eigenvalue weighted by Gasteiger charge is 2.03. The van der Waals surface area contributed by atoms with Crippen molar-refractivity contribution in [3.05, 3.63) is 0 Å². The highest BCUT2D eigenvalue weighted by Crippen LogP contribution is 2.11. The number of hydrogen-bond donors (Lipinski definition) is 1. The molecule has 0 amide bonds. The molecule has 0 aromatic rings. The van der Waals surface area contributed by atoms with Gasteiger partial charge in [-0.05, 0) is 33.0 Å². The van der Waals surface area contributed by atoms with E-state index >= 15 is 0 Å². The minimum absolute atomic E-state index is 0.888. The van der Waals surface area contributed by atoms with Crippen LogP contribution in [0.2, 0.25) is 0 Å². The van der Waals surface area contributed by atoms with E-state index in [4.69, 9.17) is 0 Å². The fraction of sp³-hybridized carbons (Fsp3) is 1.00. The lowest BCUT2D eigenvalue weighted by atomic mass is 10.0. The summed E-state index contributed by atoms with van der Waals surface area (Å²) in [7, 11) is 4.17. The standard InChI is InChI=1S/C11H26N2/c1-5-6-7-11(2)8-9-13(4)10-12-3/h11-12H,5-10H2,1-4H3. The molecule has 0 heterocycles. The van der Waals surface area contributed by atoms with Gasteiger partial charge in [0.1, 0.15) is 0 Å². The second-order valence-electron chi connectivity index (χ2n) is 4.13. The highest BCUT2D eigenvalue weighted by atomic mass is 15.2. The molecule has 0 saturated heterocycles. The number of hydrogen-bond acceptors (Lipinski definition) is 2. The molecule has 0 bridgehead atoms. The topological polar surface area (TPSA) is 15.3 Å². The Hall–Kier alpha value is -0.0800. The van der Waals surface area contributed by atoms with Crippen LogP contribution in [0, 0.1) is 5.92 Å². The van der Waals surface area contributed by atoms with Crippen molar-refractivity contribution in [1.29, 1.82) is 0 Å². The summed E-state index contributed by atoms with van der Waals surface area (Å²) in [6.07, 6.45) is 5.44. The predicted molar refractivity (Wildman–Crippen MR) is 59.9 cm³/mol. The van der Waals surface area contributed by atoms with Crippen LogP contribution in [-0.2, 0) is 0 Å². The third-order valence-electron chi connectivity index (χ3n) is 2.48. The van der Waals surface area contributed by atoms with E-state index in [-0.39, 0.29) is 0 Å². The first kappa shape index (κ1) is 12.9. The van der Waals surface area contributed by atoms with Crippen LogP contribution in [-0.4, -0.2) is 32.2 Å². The molecule has 0 aromatic heterocycles.